The molecule has 0 bridgehead atoms. The number of piperazine rings is 1. The molecule has 4 rings (SSSR count). The van der Waals surface area contributed by atoms with Crippen LogP contribution in [0.3, 0.4) is 0 Å². The van der Waals surface area contributed by atoms with Crippen molar-refractivity contribution in [2.45, 2.75) is 38.5 Å². The van der Waals surface area contributed by atoms with E-state index in [4.69, 9.17) is 4.74 Å². The quantitative estimate of drug-likeness (QED) is 0.672. The lowest BCUT2D eigenvalue weighted by atomic mass is 9.78. The highest BCUT2D eigenvalue weighted by Crippen LogP contribution is 2.44. The molecule has 1 saturated heterocycles. The highest BCUT2D eigenvalue weighted by Gasteiger charge is 2.39. The molecule has 33 heavy (non-hydrogen) atoms. The first-order valence-electron chi connectivity index (χ1n) is 11.7. The highest BCUT2D eigenvalue weighted by atomic mass is 19.1. The number of ether oxygens (including phenoxy) is 1. The number of hydrogen-bond acceptors (Lipinski definition) is 4. The zero-order chi connectivity index (χ0) is 23.3. The molecular weight excluding hydrogens is 421 g/mol. The van der Waals surface area contributed by atoms with Crippen LogP contribution in [0.15, 0.2) is 48.5 Å². The molecule has 6 nitrogen and oxygen atoms in total. The smallest absolute Gasteiger partial charge is 0.224 e. The molecule has 1 aliphatic carbocycles. The topological polar surface area (TPSA) is 61.9 Å². The van der Waals surface area contributed by atoms with Crippen molar-refractivity contribution >= 4 is 23.2 Å². The van der Waals surface area contributed by atoms with Gasteiger partial charge in [0.05, 0.1) is 12.8 Å². The fraction of sp³-hybridized carbons (Fsp3) is 0.462. The van der Waals surface area contributed by atoms with E-state index in [0.29, 0.717) is 31.6 Å². The van der Waals surface area contributed by atoms with Crippen LogP contribution in [0.1, 0.15) is 38.5 Å². The summed E-state index contributed by atoms with van der Waals surface area (Å²) >= 11 is 0. The number of rotatable bonds is 7. The van der Waals surface area contributed by atoms with E-state index in [1.807, 2.05) is 29.2 Å². The maximum absolute atomic E-state index is 13.2. The average molecular weight is 454 g/mol. The summed E-state index contributed by atoms with van der Waals surface area (Å²) in [4.78, 5) is 30.1. The summed E-state index contributed by atoms with van der Waals surface area (Å²) in [5.74, 6) is 0.523. The molecule has 2 aromatic rings. The van der Waals surface area contributed by atoms with Crippen molar-refractivity contribution in [2.24, 2.45) is 5.41 Å². The number of nitrogens with one attached hydrogen (secondary N) is 1. The van der Waals surface area contributed by atoms with Gasteiger partial charge in [-0.3, -0.25) is 9.59 Å². The van der Waals surface area contributed by atoms with Gasteiger partial charge < -0.3 is 19.9 Å². The highest BCUT2D eigenvalue weighted by molar-refractivity contribution is 5.91. The Balaban J connectivity index is 1.34. The standard InChI is InChI=1S/C26H32FN3O3/c1-33-23-7-3-2-6-22(23)29-14-16-30(17-15-29)25(32)19-26(12-4-5-13-26)18-24(31)28-21-10-8-20(27)9-11-21/h2-3,6-11H,4-5,12-19H2,1H3,(H,28,31). The monoisotopic (exact) mass is 453 g/mol. The molecule has 1 N–H and O–H groups in total. The van der Waals surface area contributed by atoms with Crippen molar-refractivity contribution in [1.82, 2.24) is 4.90 Å². The van der Waals surface area contributed by atoms with E-state index in [0.717, 1.165) is 50.2 Å². The van der Waals surface area contributed by atoms with Gasteiger partial charge in [-0.05, 0) is 54.7 Å². The summed E-state index contributed by atoms with van der Waals surface area (Å²) in [6.45, 7) is 2.83. The van der Waals surface area contributed by atoms with E-state index >= 15 is 0 Å². The van der Waals surface area contributed by atoms with Crippen molar-refractivity contribution in [3.63, 3.8) is 0 Å². The number of anilines is 2. The van der Waals surface area contributed by atoms with Crippen molar-refractivity contribution in [3.8, 4) is 5.75 Å². The lowest BCUT2D eigenvalue weighted by Gasteiger charge is -2.38. The SMILES string of the molecule is COc1ccccc1N1CCN(C(=O)CC2(CC(=O)Nc3ccc(F)cc3)CCCC2)CC1. The molecule has 176 valence electrons. The second-order valence-corrected chi connectivity index (χ2v) is 9.16. The summed E-state index contributed by atoms with van der Waals surface area (Å²) in [6, 6.07) is 13.7. The molecule has 0 unspecified atom stereocenters. The van der Waals surface area contributed by atoms with Gasteiger partial charge in [0.15, 0.2) is 0 Å². The van der Waals surface area contributed by atoms with Gasteiger partial charge in [0.1, 0.15) is 11.6 Å². The zero-order valence-corrected chi connectivity index (χ0v) is 19.2. The van der Waals surface area contributed by atoms with Gasteiger partial charge in [0.25, 0.3) is 0 Å². The van der Waals surface area contributed by atoms with Crippen LogP contribution in [-0.4, -0.2) is 50.0 Å². The maximum Gasteiger partial charge on any atom is 0.224 e. The number of benzene rings is 2. The Morgan fingerprint density at radius 2 is 1.64 bits per heavy atom. The van der Waals surface area contributed by atoms with Crippen molar-refractivity contribution in [2.75, 3.05) is 43.5 Å². The summed E-state index contributed by atoms with van der Waals surface area (Å²) in [6.07, 6.45) is 4.57. The van der Waals surface area contributed by atoms with Crippen LogP contribution in [0.4, 0.5) is 15.8 Å². The Morgan fingerprint density at radius 3 is 2.30 bits per heavy atom. The molecular formula is C26H32FN3O3. The molecule has 0 spiro atoms. The van der Waals surface area contributed by atoms with Crippen LogP contribution >= 0.6 is 0 Å². The maximum atomic E-state index is 13.2. The summed E-state index contributed by atoms with van der Waals surface area (Å²) in [5.41, 5.74) is 1.34. The first-order chi connectivity index (χ1) is 16.0. The van der Waals surface area contributed by atoms with Crippen molar-refractivity contribution in [3.05, 3.63) is 54.3 Å². The van der Waals surface area contributed by atoms with Crippen LogP contribution in [0.25, 0.3) is 0 Å². The molecule has 1 saturated carbocycles. The number of carbonyl (C=O) groups is 2. The Bertz CT molecular complexity index is 965. The minimum absolute atomic E-state index is 0.114. The fourth-order valence-electron chi connectivity index (χ4n) is 5.14. The minimum atomic E-state index is -0.336. The predicted octanol–water partition coefficient (Wildman–Crippen LogP) is 4.46. The molecule has 0 atom stereocenters. The summed E-state index contributed by atoms with van der Waals surface area (Å²) in [5, 5.41) is 2.86. The Kier molecular flexibility index (Phi) is 7.16. The lowest BCUT2D eigenvalue weighted by molar-refractivity contribution is -0.134. The number of nitrogens with zero attached hydrogens (tertiary/aromatic N) is 2. The van der Waals surface area contributed by atoms with E-state index in [1.54, 1.807) is 19.2 Å². The second-order valence-electron chi connectivity index (χ2n) is 9.16. The zero-order valence-electron chi connectivity index (χ0n) is 19.2. The van der Waals surface area contributed by atoms with Crippen molar-refractivity contribution in [1.29, 1.82) is 0 Å². The first-order valence-corrected chi connectivity index (χ1v) is 11.7. The largest absolute Gasteiger partial charge is 0.495 e. The molecule has 2 amide bonds. The summed E-state index contributed by atoms with van der Waals surface area (Å²) in [7, 11) is 1.67. The fourth-order valence-corrected chi connectivity index (χ4v) is 5.14. The Morgan fingerprint density at radius 1 is 0.970 bits per heavy atom. The molecule has 2 fully saturated rings. The number of para-hydroxylation sites is 2. The third-order valence-electron chi connectivity index (χ3n) is 6.91. The van der Waals surface area contributed by atoms with Crippen molar-refractivity contribution < 1.29 is 18.7 Å². The van der Waals surface area contributed by atoms with E-state index < -0.39 is 0 Å². The average Bonchev–Trinajstić information content (AvgIpc) is 3.28. The van der Waals surface area contributed by atoms with Gasteiger partial charge in [-0.25, -0.2) is 4.39 Å². The van der Waals surface area contributed by atoms with Crippen LogP contribution < -0.4 is 15.0 Å². The first kappa shape index (κ1) is 23.1. The number of carbonyl (C=O) groups excluding carboxylic acids is 2. The van der Waals surface area contributed by atoms with Crippen LogP contribution in [0.2, 0.25) is 0 Å². The lowest BCUT2D eigenvalue weighted by Crippen LogP contribution is -2.49. The molecule has 1 aliphatic heterocycles. The van der Waals surface area contributed by atoms with Gasteiger partial charge >= 0.3 is 0 Å². The van der Waals surface area contributed by atoms with E-state index in [1.165, 1.54) is 12.1 Å². The summed E-state index contributed by atoms with van der Waals surface area (Å²) < 4.78 is 18.6. The number of halogens is 1. The number of methoxy groups -OCH3 is 1. The van der Waals surface area contributed by atoms with Gasteiger partial charge in [-0.15, -0.1) is 0 Å². The number of amides is 2. The molecule has 0 radical (unpaired) electrons. The third kappa shape index (κ3) is 5.64. The van der Waals surface area contributed by atoms with Crippen LogP contribution in [0.5, 0.6) is 5.75 Å². The van der Waals surface area contributed by atoms with Crippen LogP contribution in [0, 0.1) is 11.2 Å². The van der Waals surface area contributed by atoms with Gasteiger partial charge in [0, 0.05) is 44.7 Å². The molecule has 2 aromatic carbocycles. The molecule has 2 aliphatic rings. The third-order valence-corrected chi connectivity index (χ3v) is 6.91. The predicted molar refractivity (Wildman–Crippen MR) is 127 cm³/mol. The molecule has 0 aromatic heterocycles. The van der Waals surface area contributed by atoms with E-state index in [2.05, 4.69) is 10.2 Å². The van der Waals surface area contributed by atoms with E-state index in [9.17, 15) is 14.0 Å². The normalized spacial score (nSPS) is 17.6. The van der Waals surface area contributed by atoms with Gasteiger partial charge in [-0.1, -0.05) is 25.0 Å². The second kappa shape index (κ2) is 10.2. The van der Waals surface area contributed by atoms with E-state index in [-0.39, 0.29) is 23.0 Å². The van der Waals surface area contributed by atoms with Gasteiger partial charge in [0.2, 0.25) is 11.8 Å². The molecule has 1 heterocycles. The van der Waals surface area contributed by atoms with Gasteiger partial charge in [-0.2, -0.15) is 0 Å². The minimum Gasteiger partial charge on any atom is -0.495 e. The Hall–Kier alpha value is -3.09. The Labute approximate surface area is 194 Å². The van der Waals surface area contributed by atoms with Crippen LogP contribution in [-0.2, 0) is 9.59 Å². The molecule has 7 heteroatoms. The number of hydrogen-bond donors (Lipinski definition) is 1.